The molecular formula is C19H33I. The Balaban J connectivity index is 1.99. The van der Waals surface area contributed by atoms with Crippen molar-refractivity contribution in [3.05, 3.63) is 9.66 Å². The number of rotatable bonds is 5. The summed E-state index contributed by atoms with van der Waals surface area (Å²) >= 11 is 2.48. The van der Waals surface area contributed by atoms with Crippen LogP contribution in [0.15, 0.2) is 9.66 Å². The standard InChI is InChI=1S/C19H33I/c1-14(2)7-5-8-15(3)17-10-11-18-16(13-20)9-6-12-19(17,18)4/h13-15,17-18H,5-12H2,1-4H3/b16-13+/t15-,17-,18+,19-/m1/s1. The molecule has 2 fully saturated rings. The van der Waals surface area contributed by atoms with Crippen LogP contribution in [0.25, 0.3) is 0 Å². The minimum atomic E-state index is 0.618. The van der Waals surface area contributed by atoms with Crippen LogP contribution >= 0.6 is 22.6 Å². The van der Waals surface area contributed by atoms with Crippen molar-refractivity contribution in [1.29, 1.82) is 0 Å². The van der Waals surface area contributed by atoms with Gasteiger partial charge in [0.25, 0.3) is 0 Å². The largest absolute Gasteiger partial charge is 0.0628 e. The molecule has 0 spiro atoms. The van der Waals surface area contributed by atoms with Gasteiger partial charge in [0.1, 0.15) is 0 Å². The van der Waals surface area contributed by atoms with Crippen molar-refractivity contribution in [2.24, 2.45) is 29.1 Å². The number of fused-ring (bicyclic) bond motifs is 1. The van der Waals surface area contributed by atoms with Crippen LogP contribution in [0.5, 0.6) is 0 Å². The third-order valence-electron chi connectivity index (χ3n) is 6.31. The van der Waals surface area contributed by atoms with Crippen LogP contribution < -0.4 is 0 Å². The Bertz CT molecular complexity index is 344. The molecule has 0 N–H and O–H groups in total. The molecule has 4 atom stereocenters. The third-order valence-corrected chi connectivity index (χ3v) is 7.11. The second-order valence-corrected chi connectivity index (χ2v) is 8.70. The second kappa shape index (κ2) is 7.15. The lowest BCUT2D eigenvalue weighted by Crippen LogP contribution is -2.35. The van der Waals surface area contributed by atoms with E-state index in [0.717, 1.165) is 23.7 Å². The normalized spacial score (nSPS) is 37.4. The highest BCUT2D eigenvalue weighted by Crippen LogP contribution is 2.59. The molecule has 2 aliphatic rings. The van der Waals surface area contributed by atoms with Gasteiger partial charge in [0.2, 0.25) is 0 Å². The van der Waals surface area contributed by atoms with E-state index in [1.807, 2.05) is 0 Å². The maximum Gasteiger partial charge on any atom is -0.0139 e. The van der Waals surface area contributed by atoms with Gasteiger partial charge in [0.15, 0.2) is 0 Å². The van der Waals surface area contributed by atoms with Crippen molar-refractivity contribution >= 4 is 22.6 Å². The van der Waals surface area contributed by atoms with Crippen molar-refractivity contribution in [2.75, 3.05) is 0 Å². The molecule has 0 saturated heterocycles. The molecular weight excluding hydrogens is 355 g/mol. The fourth-order valence-electron chi connectivity index (χ4n) is 5.19. The van der Waals surface area contributed by atoms with E-state index in [9.17, 15) is 0 Å². The molecule has 0 aromatic carbocycles. The summed E-state index contributed by atoms with van der Waals surface area (Å²) in [5, 5.41) is 0. The van der Waals surface area contributed by atoms with Crippen LogP contribution in [0, 0.1) is 29.1 Å². The number of allylic oxidation sites excluding steroid dienone is 1. The van der Waals surface area contributed by atoms with E-state index in [4.69, 9.17) is 0 Å². The van der Waals surface area contributed by atoms with E-state index < -0.39 is 0 Å². The molecule has 0 nitrogen and oxygen atoms in total. The Labute approximate surface area is 140 Å². The minimum Gasteiger partial charge on any atom is -0.0628 e. The van der Waals surface area contributed by atoms with E-state index >= 15 is 0 Å². The Hall–Kier alpha value is 0.470. The first-order valence-corrected chi connectivity index (χ1v) is 10.0. The van der Waals surface area contributed by atoms with Gasteiger partial charge in [-0.1, -0.05) is 75.1 Å². The molecule has 0 bridgehead atoms. The molecule has 116 valence electrons. The van der Waals surface area contributed by atoms with Crippen LogP contribution in [0.2, 0.25) is 0 Å². The summed E-state index contributed by atoms with van der Waals surface area (Å²) in [5.74, 6) is 3.69. The topological polar surface area (TPSA) is 0 Å². The summed E-state index contributed by atoms with van der Waals surface area (Å²) in [4.78, 5) is 0. The quantitative estimate of drug-likeness (QED) is 0.446. The Morgan fingerprint density at radius 2 is 2.00 bits per heavy atom. The highest BCUT2D eigenvalue weighted by atomic mass is 127. The molecule has 1 heteroatoms. The molecule has 2 saturated carbocycles. The van der Waals surface area contributed by atoms with E-state index in [2.05, 4.69) is 54.4 Å². The lowest BCUT2D eigenvalue weighted by molar-refractivity contribution is 0.0931. The molecule has 20 heavy (non-hydrogen) atoms. The van der Waals surface area contributed by atoms with E-state index in [0.29, 0.717) is 5.41 Å². The summed E-state index contributed by atoms with van der Waals surface area (Å²) in [6.45, 7) is 9.88. The van der Waals surface area contributed by atoms with Gasteiger partial charge in [-0.05, 0) is 65.3 Å². The maximum atomic E-state index is 2.62. The van der Waals surface area contributed by atoms with Gasteiger partial charge >= 0.3 is 0 Å². The van der Waals surface area contributed by atoms with Gasteiger partial charge < -0.3 is 0 Å². The number of hydrogen-bond acceptors (Lipinski definition) is 0. The molecule has 0 unspecified atom stereocenters. The van der Waals surface area contributed by atoms with Crippen molar-refractivity contribution in [3.63, 3.8) is 0 Å². The fraction of sp³-hybridized carbons (Fsp3) is 0.895. The predicted octanol–water partition coefficient (Wildman–Crippen LogP) is 6.98. The van der Waals surface area contributed by atoms with Crippen LogP contribution in [0.4, 0.5) is 0 Å². The average Bonchev–Trinajstić information content (AvgIpc) is 2.75. The fourth-order valence-corrected chi connectivity index (χ4v) is 5.94. The Morgan fingerprint density at radius 3 is 2.65 bits per heavy atom. The van der Waals surface area contributed by atoms with Gasteiger partial charge in [-0.25, -0.2) is 0 Å². The van der Waals surface area contributed by atoms with Crippen LogP contribution in [-0.2, 0) is 0 Å². The van der Waals surface area contributed by atoms with E-state index in [-0.39, 0.29) is 0 Å². The molecule has 0 aromatic heterocycles. The van der Waals surface area contributed by atoms with Crippen LogP contribution in [0.3, 0.4) is 0 Å². The van der Waals surface area contributed by atoms with Gasteiger partial charge in [-0.3, -0.25) is 0 Å². The molecule has 2 aliphatic carbocycles. The van der Waals surface area contributed by atoms with E-state index in [1.54, 1.807) is 5.57 Å². The maximum absolute atomic E-state index is 2.62. The Morgan fingerprint density at radius 1 is 1.25 bits per heavy atom. The minimum absolute atomic E-state index is 0.618. The van der Waals surface area contributed by atoms with Gasteiger partial charge in [0, 0.05) is 0 Å². The zero-order valence-electron chi connectivity index (χ0n) is 13.9. The van der Waals surface area contributed by atoms with Crippen molar-refractivity contribution in [2.45, 2.75) is 79.1 Å². The lowest BCUT2D eigenvalue weighted by atomic mass is 9.61. The third kappa shape index (κ3) is 3.44. The zero-order chi connectivity index (χ0) is 14.8. The SMILES string of the molecule is CC(C)CCC[C@@H](C)[C@H]1CC[C@H]2/C(=C/I)CCC[C@]12C. The monoisotopic (exact) mass is 388 g/mol. The Kier molecular flexibility index (Phi) is 6.02. The molecule has 0 radical (unpaired) electrons. The highest BCUT2D eigenvalue weighted by molar-refractivity contribution is 14.1. The van der Waals surface area contributed by atoms with Crippen LogP contribution in [-0.4, -0.2) is 0 Å². The summed E-state index contributed by atoms with van der Waals surface area (Å²) in [7, 11) is 0. The molecule has 2 rings (SSSR count). The van der Waals surface area contributed by atoms with Crippen molar-refractivity contribution < 1.29 is 0 Å². The molecule has 0 heterocycles. The van der Waals surface area contributed by atoms with Gasteiger partial charge in [-0.2, -0.15) is 0 Å². The van der Waals surface area contributed by atoms with Crippen LogP contribution in [0.1, 0.15) is 79.1 Å². The summed E-state index contributed by atoms with van der Waals surface area (Å²) < 4.78 is 2.41. The van der Waals surface area contributed by atoms with Gasteiger partial charge in [-0.15, -0.1) is 0 Å². The zero-order valence-corrected chi connectivity index (χ0v) is 16.1. The predicted molar refractivity (Wildman–Crippen MR) is 98.1 cm³/mol. The second-order valence-electron chi connectivity index (χ2n) is 8.08. The molecule has 0 aromatic rings. The van der Waals surface area contributed by atoms with Crippen molar-refractivity contribution in [3.8, 4) is 0 Å². The summed E-state index contributed by atoms with van der Waals surface area (Å²) in [6, 6.07) is 0. The average molecular weight is 388 g/mol. The van der Waals surface area contributed by atoms with Crippen molar-refractivity contribution in [1.82, 2.24) is 0 Å². The molecule has 0 aliphatic heterocycles. The first kappa shape index (κ1) is 16.8. The highest BCUT2D eigenvalue weighted by Gasteiger charge is 2.50. The van der Waals surface area contributed by atoms with Gasteiger partial charge in [0.05, 0.1) is 0 Å². The summed E-state index contributed by atoms with van der Waals surface area (Å²) in [6.07, 6.45) is 11.5. The lowest BCUT2D eigenvalue weighted by Gasteiger charge is -2.44. The molecule has 0 amide bonds. The smallest absolute Gasteiger partial charge is 0.0139 e. The summed E-state index contributed by atoms with van der Waals surface area (Å²) in [5.41, 5.74) is 2.39. The number of hydrogen-bond donors (Lipinski definition) is 0. The first-order chi connectivity index (χ1) is 9.49. The van der Waals surface area contributed by atoms with E-state index in [1.165, 1.54) is 51.4 Å². The number of halogens is 1. The first-order valence-electron chi connectivity index (χ1n) is 8.78.